The SMILES string of the molecule is CCOCCN(C)CC(NC1CC1)C(=O)OC. The molecule has 1 aliphatic carbocycles. The van der Waals surface area contributed by atoms with Gasteiger partial charge in [0.1, 0.15) is 6.04 Å². The summed E-state index contributed by atoms with van der Waals surface area (Å²) in [6.07, 6.45) is 2.33. The highest BCUT2D eigenvalue weighted by molar-refractivity contribution is 5.76. The number of carbonyl (C=O) groups excluding carboxylic acids is 1. The smallest absolute Gasteiger partial charge is 0.324 e. The van der Waals surface area contributed by atoms with Gasteiger partial charge < -0.3 is 19.7 Å². The molecule has 0 radical (unpaired) electrons. The van der Waals surface area contributed by atoms with Gasteiger partial charge >= 0.3 is 5.97 Å². The first-order valence-electron chi connectivity index (χ1n) is 6.27. The van der Waals surface area contributed by atoms with E-state index in [0.29, 0.717) is 19.2 Å². The normalized spacial score (nSPS) is 17.2. The summed E-state index contributed by atoms with van der Waals surface area (Å²) in [5.74, 6) is -0.180. The Bertz CT molecular complexity index is 232. The molecule has 5 heteroatoms. The molecule has 0 aromatic heterocycles. The van der Waals surface area contributed by atoms with Crippen molar-refractivity contribution in [2.24, 2.45) is 0 Å². The van der Waals surface area contributed by atoms with Crippen LogP contribution in [0, 0.1) is 0 Å². The van der Waals surface area contributed by atoms with E-state index >= 15 is 0 Å². The third-order valence-corrected chi connectivity index (χ3v) is 2.82. The molecule has 1 N–H and O–H groups in total. The Labute approximate surface area is 103 Å². The summed E-state index contributed by atoms with van der Waals surface area (Å²) in [4.78, 5) is 13.7. The second kappa shape index (κ2) is 7.63. The molecule has 0 aliphatic heterocycles. The molecule has 5 nitrogen and oxygen atoms in total. The lowest BCUT2D eigenvalue weighted by atomic mass is 10.2. The zero-order valence-electron chi connectivity index (χ0n) is 11.1. The van der Waals surface area contributed by atoms with E-state index in [2.05, 4.69) is 10.2 Å². The van der Waals surface area contributed by atoms with Gasteiger partial charge in [0.15, 0.2) is 0 Å². The van der Waals surface area contributed by atoms with E-state index in [1.165, 1.54) is 7.11 Å². The van der Waals surface area contributed by atoms with Gasteiger partial charge in [-0.05, 0) is 26.8 Å². The van der Waals surface area contributed by atoms with Crippen LogP contribution in [0.3, 0.4) is 0 Å². The molecule has 1 unspecified atom stereocenters. The molecule has 1 saturated carbocycles. The summed E-state index contributed by atoms with van der Waals surface area (Å²) in [5.41, 5.74) is 0. The van der Waals surface area contributed by atoms with Crippen LogP contribution in [-0.4, -0.2) is 63.4 Å². The Hall–Kier alpha value is -0.650. The number of rotatable bonds is 9. The van der Waals surface area contributed by atoms with Gasteiger partial charge in [-0.3, -0.25) is 4.79 Å². The maximum atomic E-state index is 11.6. The van der Waals surface area contributed by atoms with Crippen molar-refractivity contribution in [3.05, 3.63) is 0 Å². The van der Waals surface area contributed by atoms with Crippen molar-refractivity contribution in [3.8, 4) is 0 Å². The second-order valence-corrected chi connectivity index (χ2v) is 4.48. The molecule has 0 saturated heterocycles. The van der Waals surface area contributed by atoms with E-state index in [0.717, 1.165) is 26.0 Å². The fourth-order valence-electron chi connectivity index (χ4n) is 1.64. The van der Waals surface area contributed by atoms with Crippen LogP contribution in [0.4, 0.5) is 0 Å². The van der Waals surface area contributed by atoms with Crippen molar-refractivity contribution in [3.63, 3.8) is 0 Å². The second-order valence-electron chi connectivity index (χ2n) is 4.48. The molecule has 1 aliphatic rings. The maximum Gasteiger partial charge on any atom is 0.324 e. The number of nitrogens with zero attached hydrogens (tertiary/aromatic N) is 1. The number of nitrogens with one attached hydrogen (secondary N) is 1. The molecule has 0 spiro atoms. The van der Waals surface area contributed by atoms with Crippen LogP contribution in [0.2, 0.25) is 0 Å². The summed E-state index contributed by atoms with van der Waals surface area (Å²) in [5, 5.41) is 3.31. The average molecular weight is 244 g/mol. The van der Waals surface area contributed by atoms with Gasteiger partial charge in [0.05, 0.1) is 13.7 Å². The van der Waals surface area contributed by atoms with Crippen LogP contribution >= 0.6 is 0 Å². The third-order valence-electron chi connectivity index (χ3n) is 2.82. The van der Waals surface area contributed by atoms with Crippen LogP contribution in [-0.2, 0) is 14.3 Å². The number of methoxy groups -OCH3 is 1. The van der Waals surface area contributed by atoms with Gasteiger partial charge in [-0.25, -0.2) is 0 Å². The number of carbonyl (C=O) groups is 1. The monoisotopic (exact) mass is 244 g/mol. The lowest BCUT2D eigenvalue weighted by Crippen LogP contribution is -2.47. The molecule has 17 heavy (non-hydrogen) atoms. The Morgan fingerprint density at radius 1 is 1.53 bits per heavy atom. The van der Waals surface area contributed by atoms with E-state index in [9.17, 15) is 4.79 Å². The van der Waals surface area contributed by atoms with Gasteiger partial charge in [-0.2, -0.15) is 0 Å². The Balaban J connectivity index is 2.27. The minimum Gasteiger partial charge on any atom is -0.468 e. The molecular weight excluding hydrogens is 220 g/mol. The van der Waals surface area contributed by atoms with E-state index in [-0.39, 0.29) is 12.0 Å². The van der Waals surface area contributed by atoms with Crippen LogP contribution < -0.4 is 5.32 Å². The molecular formula is C12H24N2O3. The highest BCUT2D eigenvalue weighted by Gasteiger charge is 2.29. The molecule has 1 atom stereocenters. The lowest BCUT2D eigenvalue weighted by molar-refractivity contribution is -0.143. The van der Waals surface area contributed by atoms with E-state index < -0.39 is 0 Å². The Morgan fingerprint density at radius 2 is 2.24 bits per heavy atom. The minimum absolute atomic E-state index is 0.180. The van der Waals surface area contributed by atoms with E-state index in [4.69, 9.17) is 9.47 Å². The van der Waals surface area contributed by atoms with Gasteiger partial charge in [0, 0.05) is 25.7 Å². The van der Waals surface area contributed by atoms with Crippen molar-refractivity contribution in [2.75, 3.05) is 40.5 Å². The summed E-state index contributed by atoms with van der Waals surface area (Å²) < 4.78 is 10.1. The van der Waals surface area contributed by atoms with Crippen LogP contribution in [0.1, 0.15) is 19.8 Å². The quantitative estimate of drug-likeness (QED) is 0.465. The maximum absolute atomic E-state index is 11.6. The van der Waals surface area contributed by atoms with Crippen LogP contribution in [0.15, 0.2) is 0 Å². The molecule has 0 aromatic carbocycles. The Kier molecular flexibility index (Phi) is 6.47. The largest absolute Gasteiger partial charge is 0.468 e. The predicted octanol–water partition coefficient (Wildman–Crippen LogP) is 0.248. The van der Waals surface area contributed by atoms with E-state index in [1.54, 1.807) is 0 Å². The summed E-state index contributed by atoms with van der Waals surface area (Å²) in [6, 6.07) is 0.276. The lowest BCUT2D eigenvalue weighted by Gasteiger charge is -2.23. The average Bonchev–Trinajstić information content (AvgIpc) is 3.11. The first-order chi connectivity index (χ1) is 8.17. The molecule has 100 valence electrons. The molecule has 0 aromatic rings. The molecule has 0 amide bonds. The molecule has 0 bridgehead atoms. The summed E-state index contributed by atoms with van der Waals surface area (Å²) in [6.45, 7) is 4.90. The van der Waals surface area contributed by atoms with Crippen molar-refractivity contribution in [2.45, 2.75) is 31.8 Å². The fourth-order valence-corrected chi connectivity index (χ4v) is 1.64. The summed E-state index contributed by atoms with van der Waals surface area (Å²) in [7, 11) is 3.42. The van der Waals surface area contributed by atoms with Gasteiger partial charge in [-0.15, -0.1) is 0 Å². The number of hydrogen-bond acceptors (Lipinski definition) is 5. The highest BCUT2D eigenvalue weighted by Crippen LogP contribution is 2.19. The van der Waals surface area contributed by atoms with E-state index in [1.807, 2.05) is 14.0 Å². The van der Waals surface area contributed by atoms with Gasteiger partial charge in [-0.1, -0.05) is 0 Å². The third kappa shape index (κ3) is 6.00. The van der Waals surface area contributed by atoms with Crippen molar-refractivity contribution >= 4 is 5.97 Å². The van der Waals surface area contributed by atoms with Crippen molar-refractivity contribution in [1.29, 1.82) is 0 Å². The molecule has 0 heterocycles. The number of ether oxygens (including phenoxy) is 2. The van der Waals surface area contributed by atoms with Crippen molar-refractivity contribution in [1.82, 2.24) is 10.2 Å². The van der Waals surface area contributed by atoms with Crippen molar-refractivity contribution < 1.29 is 14.3 Å². The topological polar surface area (TPSA) is 50.8 Å². The molecule has 1 fully saturated rings. The van der Waals surface area contributed by atoms with Gasteiger partial charge in [0.2, 0.25) is 0 Å². The fraction of sp³-hybridized carbons (Fsp3) is 0.917. The van der Waals surface area contributed by atoms with Gasteiger partial charge in [0.25, 0.3) is 0 Å². The standard InChI is InChI=1S/C12H24N2O3/c1-4-17-8-7-14(2)9-11(12(15)16-3)13-10-5-6-10/h10-11,13H,4-9H2,1-3H3. The minimum atomic E-state index is -0.223. The Morgan fingerprint density at radius 3 is 2.76 bits per heavy atom. The zero-order valence-corrected chi connectivity index (χ0v) is 11.1. The summed E-state index contributed by atoms with van der Waals surface area (Å²) >= 11 is 0. The number of hydrogen-bond donors (Lipinski definition) is 1. The number of esters is 1. The molecule has 1 rings (SSSR count). The first-order valence-corrected chi connectivity index (χ1v) is 6.27. The predicted molar refractivity (Wildman–Crippen MR) is 66.0 cm³/mol. The first kappa shape index (κ1) is 14.4. The van der Waals surface area contributed by atoms with Crippen LogP contribution in [0.5, 0.6) is 0 Å². The number of likely N-dealkylation sites (N-methyl/N-ethyl adjacent to an activating group) is 1. The zero-order chi connectivity index (χ0) is 12.7. The highest BCUT2D eigenvalue weighted by atomic mass is 16.5. The van der Waals surface area contributed by atoms with Crippen LogP contribution in [0.25, 0.3) is 0 Å².